The third-order valence-electron chi connectivity index (χ3n) is 23.5. The third kappa shape index (κ3) is 20.8. The second-order valence-electron chi connectivity index (χ2n) is 34.0. The average Bonchev–Trinajstić information content (AvgIpc) is 1.64. The zero-order chi connectivity index (χ0) is 101. The molecule has 24 aromatic rings. The highest BCUT2D eigenvalue weighted by Gasteiger charge is 2.22. The van der Waals surface area contributed by atoms with Gasteiger partial charge < -0.3 is 41.2 Å². The van der Waals surface area contributed by atoms with Gasteiger partial charge in [0.15, 0.2) is 23.1 Å². The van der Waals surface area contributed by atoms with Gasteiger partial charge in [0.2, 0.25) is 0 Å². The molecule has 728 valence electrons. The summed E-state index contributed by atoms with van der Waals surface area (Å²) in [5.41, 5.74) is 22.7. The van der Waals surface area contributed by atoms with Gasteiger partial charge in [0.05, 0.1) is 62.0 Å². The van der Waals surface area contributed by atoms with Crippen LogP contribution >= 0.6 is 0 Å². The number of carbonyl (C=O) groups excluding carboxylic acids is 4. The summed E-state index contributed by atoms with van der Waals surface area (Å²) in [5, 5.41) is 42.4. The van der Waals surface area contributed by atoms with E-state index in [0.29, 0.717) is 80.5 Å². The number of fused-ring (bicyclic) bond motifs is 4. The van der Waals surface area contributed by atoms with Gasteiger partial charge in [-0.1, -0.05) is 24.3 Å². The highest BCUT2D eigenvalue weighted by atomic mass is 16.2. The van der Waals surface area contributed by atoms with E-state index in [9.17, 15) is 19.2 Å². The quantitative estimate of drug-likeness (QED) is 0.0337. The molecule has 0 spiro atoms. The van der Waals surface area contributed by atoms with Crippen molar-refractivity contribution in [3.63, 3.8) is 0 Å². The number of imidazole rings is 6. The summed E-state index contributed by atoms with van der Waals surface area (Å²) >= 11 is 0. The molecule has 0 atom stereocenters. The number of aromatic nitrogens is 32. The number of H-pyrrole nitrogens is 4. The van der Waals surface area contributed by atoms with E-state index in [1.54, 1.807) is 165 Å². The van der Waals surface area contributed by atoms with Crippen LogP contribution in [0.15, 0.2) is 319 Å². The number of urea groups is 4. The summed E-state index contributed by atoms with van der Waals surface area (Å²) in [5.74, 6) is 6.55. The number of pyridine rings is 6. The minimum absolute atomic E-state index is 0.356. The predicted octanol–water partition coefficient (Wildman–Crippen LogP) is 18.2. The Morgan fingerprint density at radius 3 is 1.03 bits per heavy atom. The number of hydrogen-bond acceptors (Lipinski definition) is 24. The Morgan fingerprint density at radius 1 is 0.291 bits per heavy atom. The fourth-order valence-corrected chi connectivity index (χ4v) is 16.2. The van der Waals surface area contributed by atoms with E-state index >= 15 is 0 Å². The van der Waals surface area contributed by atoms with Gasteiger partial charge in [-0.2, -0.15) is 20.4 Å². The molecule has 0 aliphatic rings. The Hall–Kier alpha value is -21.3. The molecule has 0 aliphatic carbocycles. The Balaban J connectivity index is 0.000000116. The van der Waals surface area contributed by atoms with Gasteiger partial charge >= 0.3 is 24.1 Å². The highest BCUT2D eigenvalue weighted by molar-refractivity contribution is 6.03. The lowest BCUT2D eigenvalue weighted by molar-refractivity contribution is 0.261. The first kappa shape index (κ1) is 93.0. The number of aromatic amines is 4. The molecule has 44 nitrogen and oxygen atoms in total. The molecular formula is C104H88N40O4. The molecule has 44 heteroatoms. The number of hydrogen-bond donors (Lipinski definition) is 12. The first-order valence-corrected chi connectivity index (χ1v) is 46.1. The van der Waals surface area contributed by atoms with Crippen LogP contribution in [0.5, 0.6) is 0 Å². The van der Waals surface area contributed by atoms with Crippen molar-refractivity contribution in [1.29, 1.82) is 0 Å². The largest absolute Gasteiger partial charge is 0.354 e. The molecule has 0 unspecified atom stereocenters. The molecule has 0 aliphatic heterocycles. The molecule has 4 aromatic carbocycles. The van der Waals surface area contributed by atoms with Crippen LogP contribution in [0, 0.1) is 27.7 Å². The summed E-state index contributed by atoms with van der Waals surface area (Å²) in [6.07, 6.45) is 34.9. The molecule has 12 N–H and O–H groups in total. The third-order valence-corrected chi connectivity index (χ3v) is 23.5. The maximum Gasteiger partial charge on any atom is 0.324 e. The number of nitrogens with one attached hydrogen (secondary N) is 12. The van der Waals surface area contributed by atoms with Crippen molar-refractivity contribution in [3.05, 3.63) is 342 Å². The number of aryl methyl sites for hydroxylation is 8. The maximum absolute atomic E-state index is 12.6. The molecule has 0 bridgehead atoms. The Kier molecular flexibility index (Phi) is 25.7. The van der Waals surface area contributed by atoms with Crippen LogP contribution in [0.3, 0.4) is 0 Å². The maximum atomic E-state index is 12.6. The predicted molar refractivity (Wildman–Crippen MR) is 561 cm³/mol. The second-order valence-corrected chi connectivity index (χ2v) is 34.0. The summed E-state index contributed by atoms with van der Waals surface area (Å²) in [6.45, 7) is 7.73. The molecule has 148 heavy (non-hydrogen) atoms. The highest BCUT2D eigenvalue weighted by Crippen LogP contribution is 2.35. The SMILES string of the molecule is Cc1cn(-c2nccc3[nH]c(-c4ccc(NC(=O)Nc5cc(-c6cccnc6)nn5C)cc4)cc23)cn1.Cc1cn(-c2nccc3[nH]c(-c4ccc(NC(=O)Nc5cc(-c6cccnc6)nn5C)cc4)nc23)cn1.Cc1cn(-c2ncnc3[nH]c(-c4ccc(NC(=O)Nc5cc(-c6cccnc6)nn5C)cc4)cc23)cn1.Cc1cn(-c2ncnc3nc(-c4ccc(NC(=O)Nc5cc(-c6cccnc6)nn5C)cc4)[nH]c23)cn1. The smallest absolute Gasteiger partial charge is 0.324 e. The molecule has 0 saturated carbocycles. The van der Waals surface area contributed by atoms with Crippen LogP contribution in [0.25, 0.3) is 158 Å². The zero-order valence-electron chi connectivity index (χ0n) is 80.2. The Labute approximate surface area is 839 Å². The lowest BCUT2D eigenvalue weighted by atomic mass is 10.1. The van der Waals surface area contributed by atoms with E-state index in [2.05, 4.69) is 164 Å². The number of anilines is 8. The van der Waals surface area contributed by atoms with E-state index in [0.717, 1.165) is 146 Å². The van der Waals surface area contributed by atoms with Crippen molar-refractivity contribution in [2.75, 3.05) is 42.5 Å². The number of nitrogens with zero attached hydrogens (tertiary/aromatic N) is 28. The van der Waals surface area contributed by atoms with E-state index in [1.807, 2.05) is 228 Å². The van der Waals surface area contributed by atoms with Crippen molar-refractivity contribution < 1.29 is 19.2 Å². The van der Waals surface area contributed by atoms with Crippen LogP contribution in [-0.2, 0) is 28.2 Å². The van der Waals surface area contributed by atoms with Crippen LogP contribution in [0.4, 0.5) is 65.2 Å². The molecule has 8 amide bonds. The zero-order valence-corrected chi connectivity index (χ0v) is 80.2. The van der Waals surface area contributed by atoms with E-state index < -0.39 is 0 Å². The number of carbonyl (C=O) groups is 4. The summed E-state index contributed by atoms with van der Waals surface area (Å²) < 4.78 is 13.9. The number of amides is 8. The molecule has 20 heterocycles. The standard InChI is InChI=1S/C27H23N9O.2C26H22N10O.C25H21N11O/c1-17-15-36(16-30-17)26-21-12-23(32-22(21)9-11-29-26)18-5-7-20(8-6-18)31-27(37)33-25-13-24(34-35(25)2)19-4-3-10-28-14-19;1-16-14-36(15-29-16)25-23-20(9-11-28-25)31-24(33-23)17-5-7-19(8-6-17)30-26(37)32-22-12-21(34-35(22)2)18-4-3-10-27-13-18;1-16-13-36(15-30-16)25-20-10-21(32-24(20)28-14-29-25)17-5-7-19(8-6-17)31-26(37)33-23-11-22(34-35(23)2)18-4-3-9-27-12-18;1-15-12-36(14-29-15)24-21-23(27-13-28-24)33-22(32-21)16-5-7-18(8-6-16)30-25(37)31-20-10-19(34-35(20)2)17-4-3-9-26-11-17/h3-16,32H,1-2H3,(H2,31,33,37);3-15H,1-2H3,(H,31,33)(H2,30,32,37);3-15H,1-2H3,(H,28,29,32)(H2,31,33,37);3-14H,1-2H3,(H2,30,31,37)(H,27,28,32,33). The van der Waals surface area contributed by atoms with Crippen molar-refractivity contribution in [2.24, 2.45) is 28.2 Å². The molecule has 24 rings (SSSR count). The first-order chi connectivity index (χ1) is 72.1. The molecular weight excluding hydrogens is 1870 g/mol. The van der Waals surface area contributed by atoms with Crippen molar-refractivity contribution in [2.45, 2.75) is 27.7 Å². The first-order valence-electron chi connectivity index (χ1n) is 46.1. The van der Waals surface area contributed by atoms with Crippen molar-refractivity contribution >= 4 is 114 Å². The van der Waals surface area contributed by atoms with E-state index in [1.165, 1.54) is 12.7 Å². The number of benzene rings is 4. The summed E-state index contributed by atoms with van der Waals surface area (Å²) in [7, 11) is 7.09. The van der Waals surface area contributed by atoms with Gasteiger partial charge in [-0.3, -0.25) is 78.2 Å². The van der Waals surface area contributed by atoms with Gasteiger partial charge in [-0.15, -0.1) is 0 Å². The van der Waals surface area contributed by atoms with E-state index in [-0.39, 0.29) is 24.1 Å². The average molecular weight is 1960 g/mol. The normalized spacial score (nSPS) is 11.1. The lowest BCUT2D eigenvalue weighted by Crippen LogP contribution is -2.20. The molecule has 0 saturated heterocycles. The monoisotopic (exact) mass is 1960 g/mol. The van der Waals surface area contributed by atoms with Gasteiger partial charge in [0.1, 0.15) is 95.4 Å². The van der Waals surface area contributed by atoms with Gasteiger partial charge in [-0.25, -0.2) is 79.0 Å². The van der Waals surface area contributed by atoms with Crippen molar-refractivity contribution in [3.8, 4) is 114 Å². The van der Waals surface area contributed by atoms with Crippen LogP contribution in [-0.4, -0.2) is 181 Å². The summed E-state index contributed by atoms with van der Waals surface area (Å²) in [4.78, 5) is 133. The minimum atomic E-state index is -0.382. The fraction of sp³-hybridized carbons (Fsp3) is 0.0769. The van der Waals surface area contributed by atoms with Crippen molar-refractivity contribution in [1.82, 2.24) is 157 Å². The molecule has 0 radical (unpaired) electrons. The van der Waals surface area contributed by atoms with Crippen LogP contribution < -0.4 is 42.5 Å². The molecule has 20 aromatic heterocycles. The van der Waals surface area contributed by atoms with Crippen LogP contribution in [0.1, 0.15) is 22.8 Å². The Morgan fingerprint density at radius 2 is 0.635 bits per heavy atom. The number of rotatable bonds is 20. The Bertz CT molecular complexity index is 7890. The van der Waals surface area contributed by atoms with Gasteiger partial charge in [0, 0.05) is 212 Å². The topological polar surface area (TPSA) is 525 Å². The van der Waals surface area contributed by atoms with Gasteiger partial charge in [0.25, 0.3) is 0 Å². The second kappa shape index (κ2) is 40.9. The fourth-order valence-electron chi connectivity index (χ4n) is 16.2. The summed E-state index contributed by atoms with van der Waals surface area (Å²) in [6, 6.07) is 58.7. The molecule has 0 fully saturated rings. The van der Waals surface area contributed by atoms with E-state index in [4.69, 9.17) is 4.98 Å². The van der Waals surface area contributed by atoms with Crippen LogP contribution in [0.2, 0.25) is 0 Å². The lowest BCUT2D eigenvalue weighted by Gasteiger charge is -2.08. The van der Waals surface area contributed by atoms with Gasteiger partial charge in [-0.05, 0) is 184 Å². The minimum Gasteiger partial charge on any atom is -0.354 e.